The summed E-state index contributed by atoms with van der Waals surface area (Å²) in [5.74, 6) is -0.204. The van der Waals surface area contributed by atoms with Crippen LogP contribution in [-0.4, -0.2) is 37.0 Å². The number of ether oxygens (including phenoxy) is 2. The fourth-order valence-corrected chi connectivity index (χ4v) is 6.71. The zero-order valence-corrected chi connectivity index (χ0v) is 35.1. The molecule has 52 heavy (non-hydrogen) atoms. The van der Waals surface area contributed by atoms with E-state index in [0.29, 0.717) is 19.6 Å². The fraction of sp³-hybridized carbons (Fsp3) is 0.854. The molecule has 1 unspecified atom stereocenters. The number of allylic oxidation sites excluding steroid dienone is 6. The van der Waals surface area contributed by atoms with Gasteiger partial charge in [0.2, 0.25) is 0 Å². The third kappa shape index (κ3) is 43.0. The van der Waals surface area contributed by atoms with Gasteiger partial charge in [-0.25, -0.2) is 0 Å². The van der Waals surface area contributed by atoms with Crippen LogP contribution in [0.2, 0.25) is 0 Å². The van der Waals surface area contributed by atoms with Crippen LogP contribution in [0.3, 0.4) is 0 Å². The molecule has 0 aliphatic rings. The number of aliphatic hydroxyl groups is 1. The van der Waals surface area contributed by atoms with E-state index in [0.717, 1.165) is 25.7 Å². The molecule has 0 saturated heterocycles. The first kappa shape index (κ1) is 50.6. The quantitative estimate of drug-likeness (QED) is 0.0385. The molecule has 0 saturated carbocycles. The third-order valence-electron chi connectivity index (χ3n) is 10.2. The van der Waals surface area contributed by atoms with E-state index in [1.807, 2.05) is 0 Å². The van der Waals surface area contributed by atoms with Crippen molar-refractivity contribution < 1.29 is 19.4 Å². The van der Waals surface area contributed by atoms with Gasteiger partial charge in [0, 0.05) is 13.0 Å². The molecule has 0 spiro atoms. The number of aliphatic hydroxyl groups excluding tert-OH is 1. The van der Waals surface area contributed by atoms with Crippen LogP contribution in [0.4, 0.5) is 0 Å². The van der Waals surface area contributed by atoms with Crippen LogP contribution in [0.15, 0.2) is 36.5 Å². The summed E-state index contributed by atoms with van der Waals surface area (Å²) >= 11 is 0. The average molecular weight is 731 g/mol. The van der Waals surface area contributed by atoms with Crippen molar-refractivity contribution in [2.45, 2.75) is 245 Å². The predicted octanol–water partition coefficient (Wildman–Crippen LogP) is 15.3. The second-order valence-electron chi connectivity index (χ2n) is 15.5. The number of esters is 1. The molecule has 4 heteroatoms. The molecule has 0 bridgehead atoms. The number of carbonyl (C=O) groups is 1. The first-order valence-electron chi connectivity index (χ1n) is 23.1. The number of hydrogen-bond donors (Lipinski definition) is 1. The van der Waals surface area contributed by atoms with Crippen LogP contribution in [0.25, 0.3) is 0 Å². The van der Waals surface area contributed by atoms with Gasteiger partial charge in [-0.2, -0.15) is 0 Å². The monoisotopic (exact) mass is 731 g/mol. The summed E-state index contributed by atoms with van der Waals surface area (Å²) in [6.07, 6.45) is 57.8. The van der Waals surface area contributed by atoms with Crippen molar-refractivity contribution in [1.82, 2.24) is 0 Å². The van der Waals surface area contributed by atoms with Gasteiger partial charge in [-0.3, -0.25) is 4.79 Å². The molecular formula is C48H90O4. The highest BCUT2D eigenvalue weighted by molar-refractivity contribution is 5.69. The smallest absolute Gasteiger partial charge is 0.306 e. The Balaban J connectivity index is 3.41. The molecule has 0 heterocycles. The largest absolute Gasteiger partial charge is 0.457 e. The first-order chi connectivity index (χ1) is 25.7. The molecule has 0 aromatic carbocycles. The van der Waals surface area contributed by atoms with Crippen molar-refractivity contribution in [3.63, 3.8) is 0 Å². The highest BCUT2D eigenvalue weighted by Crippen LogP contribution is 2.14. The summed E-state index contributed by atoms with van der Waals surface area (Å²) in [5, 5.41) is 9.62. The second-order valence-corrected chi connectivity index (χ2v) is 15.5. The maximum atomic E-state index is 12.2. The van der Waals surface area contributed by atoms with Gasteiger partial charge in [0.1, 0.15) is 6.10 Å². The minimum atomic E-state index is -0.537. The normalized spacial score (nSPS) is 12.6. The van der Waals surface area contributed by atoms with E-state index in [9.17, 15) is 9.90 Å². The van der Waals surface area contributed by atoms with Gasteiger partial charge >= 0.3 is 5.97 Å². The van der Waals surface area contributed by atoms with E-state index < -0.39 is 6.10 Å². The maximum absolute atomic E-state index is 12.2. The molecule has 0 radical (unpaired) electrons. The zero-order valence-electron chi connectivity index (χ0n) is 35.1. The van der Waals surface area contributed by atoms with Gasteiger partial charge in [-0.15, -0.1) is 0 Å². The van der Waals surface area contributed by atoms with Gasteiger partial charge in [0.25, 0.3) is 0 Å². The van der Waals surface area contributed by atoms with Gasteiger partial charge in [-0.05, 0) is 70.6 Å². The Labute approximate surface area is 325 Å². The van der Waals surface area contributed by atoms with Crippen LogP contribution < -0.4 is 0 Å². The van der Waals surface area contributed by atoms with E-state index >= 15 is 0 Å². The molecule has 0 aromatic rings. The fourth-order valence-electron chi connectivity index (χ4n) is 6.71. The lowest BCUT2D eigenvalue weighted by Gasteiger charge is -2.16. The van der Waals surface area contributed by atoms with Crippen molar-refractivity contribution in [3.8, 4) is 0 Å². The van der Waals surface area contributed by atoms with E-state index in [4.69, 9.17) is 9.47 Å². The summed E-state index contributed by atoms with van der Waals surface area (Å²) in [6, 6.07) is 0. The molecular weight excluding hydrogens is 641 g/mol. The highest BCUT2D eigenvalue weighted by atomic mass is 16.6. The summed E-state index contributed by atoms with van der Waals surface area (Å²) in [6.45, 7) is 5.35. The molecule has 0 amide bonds. The molecule has 0 rings (SSSR count). The van der Waals surface area contributed by atoms with Gasteiger partial charge in [-0.1, -0.05) is 198 Å². The summed E-state index contributed by atoms with van der Waals surface area (Å²) < 4.78 is 11.2. The van der Waals surface area contributed by atoms with Crippen molar-refractivity contribution in [2.24, 2.45) is 0 Å². The minimum Gasteiger partial charge on any atom is -0.457 e. The van der Waals surface area contributed by atoms with Crippen molar-refractivity contribution in [2.75, 3.05) is 19.8 Å². The van der Waals surface area contributed by atoms with Crippen molar-refractivity contribution >= 4 is 5.97 Å². The Bertz CT molecular complexity index is 772. The van der Waals surface area contributed by atoms with Crippen molar-refractivity contribution in [3.05, 3.63) is 36.5 Å². The lowest BCUT2D eigenvalue weighted by molar-refractivity contribution is -0.154. The summed E-state index contributed by atoms with van der Waals surface area (Å²) in [4.78, 5) is 12.2. The average Bonchev–Trinajstić information content (AvgIpc) is 3.15. The molecule has 0 fully saturated rings. The van der Waals surface area contributed by atoms with Crippen LogP contribution in [0, 0.1) is 0 Å². The number of unbranched alkanes of at least 4 members (excludes halogenated alkanes) is 29. The lowest BCUT2D eigenvalue weighted by atomic mass is 10.1. The van der Waals surface area contributed by atoms with Crippen molar-refractivity contribution in [1.29, 1.82) is 0 Å². The van der Waals surface area contributed by atoms with E-state index in [2.05, 4.69) is 50.3 Å². The Morgan fingerprint density at radius 3 is 1.21 bits per heavy atom. The Morgan fingerprint density at radius 2 is 0.808 bits per heavy atom. The Morgan fingerprint density at radius 1 is 0.462 bits per heavy atom. The SMILES string of the molecule is CCCCCCC/C=C\C/C=C\CCCCCCCCCCCCOCC(CO)OC(=O)CCCCCCCCC/C=C\CCCCCCCCC. The summed E-state index contributed by atoms with van der Waals surface area (Å²) in [7, 11) is 0. The maximum Gasteiger partial charge on any atom is 0.306 e. The first-order valence-corrected chi connectivity index (χ1v) is 23.1. The van der Waals surface area contributed by atoms with Crippen LogP contribution in [0.1, 0.15) is 239 Å². The molecule has 306 valence electrons. The van der Waals surface area contributed by atoms with E-state index in [1.165, 1.54) is 193 Å². The third-order valence-corrected chi connectivity index (χ3v) is 10.2. The number of carbonyl (C=O) groups excluding carboxylic acids is 1. The Kier molecular flexibility index (Phi) is 44.5. The summed E-state index contributed by atoms with van der Waals surface area (Å²) in [5.41, 5.74) is 0. The Hall–Kier alpha value is -1.39. The lowest BCUT2D eigenvalue weighted by Crippen LogP contribution is -2.27. The number of hydrogen-bond acceptors (Lipinski definition) is 4. The van der Waals surface area contributed by atoms with E-state index in [1.54, 1.807) is 0 Å². The van der Waals surface area contributed by atoms with E-state index in [-0.39, 0.29) is 12.6 Å². The predicted molar refractivity (Wildman–Crippen MR) is 228 cm³/mol. The molecule has 4 nitrogen and oxygen atoms in total. The topological polar surface area (TPSA) is 55.8 Å². The van der Waals surface area contributed by atoms with Gasteiger partial charge in [0.15, 0.2) is 0 Å². The zero-order chi connectivity index (χ0) is 37.7. The minimum absolute atomic E-state index is 0.173. The van der Waals surface area contributed by atoms with Crippen LogP contribution in [0.5, 0.6) is 0 Å². The molecule has 1 N–H and O–H groups in total. The molecule has 0 aromatic heterocycles. The highest BCUT2D eigenvalue weighted by Gasteiger charge is 2.13. The van der Waals surface area contributed by atoms with Crippen LogP contribution >= 0.6 is 0 Å². The number of rotatable bonds is 43. The standard InChI is InChI=1S/C48H90O4/c1-3-5-7-9-11-13-15-17-19-21-23-24-25-26-28-30-32-34-36-38-40-42-44-51-46-47(45-49)52-48(50)43-41-39-37-35-33-31-29-27-22-20-18-16-14-12-10-8-6-4-2/h15,17,20-23,47,49H,3-14,16,18-19,24-46H2,1-2H3/b17-15-,22-20-,23-21-. The van der Waals surface area contributed by atoms with Gasteiger partial charge < -0.3 is 14.6 Å². The molecule has 0 aliphatic heterocycles. The molecule has 1 atom stereocenters. The van der Waals surface area contributed by atoms with Crippen LogP contribution in [-0.2, 0) is 14.3 Å². The molecule has 0 aliphatic carbocycles. The second kappa shape index (κ2) is 45.8. The van der Waals surface area contributed by atoms with Gasteiger partial charge in [0.05, 0.1) is 13.2 Å².